The highest BCUT2D eigenvalue weighted by Gasteiger charge is 2.29. The Bertz CT molecular complexity index is 494. The van der Waals surface area contributed by atoms with E-state index in [1.807, 2.05) is 0 Å². The first-order valence-electron chi connectivity index (χ1n) is 5.25. The zero-order chi connectivity index (χ0) is 11.7. The molecule has 1 fully saturated rings. The quantitative estimate of drug-likeness (QED) is 0.838. The second kappa shape index (κ2) is 4.55. The van der Waals surface area contributed by atoms with Crippen LogP contribution in [-0.4, -0.2) is 21.3 Å². The van der Waals surface area contributed by atoms with Gasteiger partial charge in [-0.1, -0.05) is 6.42 Å². The van der Waals surface area contributed by atoms with Gasteiger partial charge in [-0.25, -0.2) is 4.79 Å². The van der Waals surface area contributed by atoms with Gasteiger partial charge in [-0.2, -0.15) is 0 Å². The molecule has 0 amide bonds. The van der Waals surface area contributed by atoms with E-state index >= 15 is 0 Å². The molecule has 1 aliphatic rings. The molecule has 2 rings (SSSR count). The predicted molar refractivity (Wildman–Crippen MR) is 62.5 cm³/mol. The minimum Gasteiger partial charge on any atom is -0.396 e. The summed E-state index contributed by atoms with van der Waals surface area (Å²) in [6, 6.07) is -0.00866. The average molecular weight is 289 g/mol. The van der Waals surface area contributed by atoms with Crippen molar-refractivity contribution in [2.45, 2.75) is 25.3 Å². The number of hydrogen-bond acceptors (Lipinski definition) is 3. The minimum atomic E-state index is -0.417. The van der Waals surface area contributed by atoms with Crippen LogP contribution >= 0.6 is 15.9 Å². The number of hydrogen-bond donors (Lipinski definition) is 2. The van der Waals surface area contributed by atoms with Crippen LogP contribution in [0.1, 0.15) is 25.3 Å². The first kappa shape index (κ1) is 11.6. The fraction of sp³-hybridized carbons (Fsp3) is 0.600. The van der Waals surface area contributed by atoms with Gasteiger partial charge in [0.25, 0.3) is 5.56 Å². The van der Waals surface area contributed by atoms with Crippen molar-refractivity contribution >= 4 is 15.9 Å². The Kier molecular flexibility index (Phi) is 3.30. The van der Waals surface area contributed by atoms with Crippen LogP contribution in [0, 0.1) is 5.92 Å². The number of aliphatic hydroxyl groups excluding tert-OH is 1. The van der Waals surface area contributed by atoms with Crippen LogP contribution in [0.15, 0.2) is 20.3 Å². The van der Waals surface area contributed by atoms with Crippen molar-refractivity contribution in [1.29, 1.82) is 0 Å². The molecule has 2 atom stereocenters. The standard InChI is InChI=1S/C10H13BrN2O3/c11-7-4-13(10(16)12-9(7)15)8-3-1-2-6(8)5-14/h4,6,8,14H,1-3,5H2,(H,12,15,16)/t6-,8-/m0/s1. The number of rotatable bonds is 2. The third kappa shape index (κ3) is 1.99. The Labute approximate surface area is 100 Å². The normalized spacial score (nSPS) is 24.9. The molecule has 1 aromatic rings. The van der Waals surface area contributed by atoms with Gasteiger partial charge in [-0.15, -0.1) is 0 Å². The molecule has 1 aliphatic carbocycles. The second-order valence-electron chi connectivity index (χ2n) is 4.08. The molecule has 1 heterocycles. The zero-order valence-corrected chi connectivity index (χ0v) is 10.2. The lowest BCUT2D eigenvalue weighted by Crippen LogP contribution is -2.34. The lowest BCUT2D eigenvalue weighted by molar-refractivity contribution is 0.193. The van der Waals surface area contributed by atoms with Gasteiger partial charge in [-0.05, 0) is 28.8 Å². The van der Waals surface area contributed by atoms with Gasteiger partial charge in [0.1, 0.15) is 0 Å². The minimum absolute atomic E-state index is 0.00866. The van der Waals surface area contributed by atoms with Gasteiger partial charge in [0, 0.05) is 24.8 Å². The summed E-state index contributed by atoms with van der Waals surface area (Å²) in [5, 5.41) is 9.21. The summed E-state index contributed by atoms with van der Waals surface area (Å²) in [5.41, 5.74) is -0.821. The van der Waals surface area contributed by atoms with Crippen molar-refractivity contribution in [2.24, 2.45) is 5.92 Å². The van der Waals surface area contributed by atoms with E-state index in [9.17, 15) is 14.7 Å². The fourth-order valence-electron chi connectivity index (χ4n) is 2.30. The van der Waals surface area contributed by atoms with Gasteiger partial charge < -0.3 is 5.11 Å². The molecule has 5 nitrogen and oxygen atoms in total. The van der Waals surface area contributed by atoms with E-state index in [1.54, 1.807) is 0 Å². The summed E-state index contributed by atoms with van der Waals surface area (Å²) in [4.78, 5) is 25.1. The number of halogens is 1. The molecule has 0 unspecified atom stereocenters. The van der Waals surface area contributed by atoms with E-state index in [4.69, 9.17) is 0 Å². The Hall–Kier alpha value is -0.880. The van der Waals surface area contributed by atoms with E-state index in [1.165, 1.54) is 10.8 Å². The average Bonchev–Trinajstić information content (AvgIpc) is 2.71. The summed E-state index contributed by atoms with van der Waals surface area (Å²) in [6.45, 7) is 0.0772. The highest BCUT2D eigenvalue weighted by atomic mass is 79.9. The number of aromatic nitrogens is 2. The molecule has 0 bridgehead atoms. The van der Waals surface area contributed by atoms with E-state index in [2.05, 4.69) is 20.9 Å². The van der Waals surface area contributed by atoms with Crippen LogP contribution in [0.3, 0.4) is 0 Å². The highest BCUT2D eigenvalue weighted by Crippen LogP contribution is 2.34. The monoisotopic (exact) mass is 288 g/mol. The van der Waals surface area contributed by atoms with Crippen molar-refractivity contribution in [3.8, 4) is 0 Å². The first-order valence-corrected chi connectivity index (χ1v) is 6.04. The van der Waals surface area contributed by atoms with E-state index in [-0.39, 0.29) is 18.6 Å². The number of aliphatic hydroxyl groups is 1. The van der Waals surface area contributed by atoms with Gasteiger partial charge in [0.2, 0.25) is 0 Å². The smallest absolute Gasteiger partial charge is 0.328 e. The van der Waals surface area contributed by atoms with Gasteiger partial charge in [0.05, 0.1) is 4.47 Å². The topological polar surface area (TPSA) is 75.1 Å². The maximum absolute atomic E-state index is 11.6. The summed E-state index contributed by atoms with van der Waals surface area (Å²) in [5.74, 6) is 0.107. The third-order valence-corrected chi connectivity index (χ3v) is 3.70. The van der Waals surface area contributed by atoms with E-state index in [0.29, 0.717) is 4.47 Å². The molecular formula is C10H13BrN2O3. The molecule has 0 spiro atoms. The molecule has 2 N–H and O–H groups in total. The molecule has 6 heteroatoms. The largest absolute Gasteiger partial charge is 0.396 e. The van der Waals surface area contributed by atoms with Crippen LogP contribution in [0.25, 0.3) is 0 Å². The number of H-pyrrole nitrogens is 1. The van der Waals surface area contributed by atoms with Crippen molar-refractivity contribution in [3.63, 3.8) is 0 Å². The SMILES string of the molecule is O=c1[nH]c(=O)n([C@H]2CCC[C@H]2CO)cc1Br. The Morgan fingerprint density at radius 1 is 1.50 bits per heavy atom. The van der Waals surface area contributed by atoms with Crippen LogP contribution in [0.4, 0.5) is 0 Å². The summed E-state index contributed by atoms with van der Waals surface area (Å²) in [6.07, 6.45) is 4.30. The lowest BCUT2D eigenvalue weighted by Gasteiger charge is -2.19. The Morgan fingerprint density at radius 2 is 2.25 bits per heavy atom. The molecule has 1 aromatic heterocycles. The molecule has 1 saturated carbocycles. The van der Waals surface area contributed by atoms with E-state index in [0.717, 1.165) is 19.3 Å². The predicted octanol–water partition coefficient (Wildman–Crippen LogP) is 0.633. The van der Waals surface area contributed by atoms with E-state index < -0.39 is 11.2 Å². The maximum Gasteiger partial charge on any atom is 0.328 e. The molecular weight excluding hydrogens is 276 g/mol. The van der Waals surface area contributed by atoms with Crippen molar-refractivity contribution in [1.82, 2.24) is 9.55 Å². The molecule has 88 valence electrons. The van der Waals surface area contributed by atoms with Gasteiger partial charge >= 0.3 is 5.69 Å². The molecule has 0 aliphatic heterocycles. The molecule has 0 aromatic carbocycles. The molecule has 16 heavy (non-hydrogen) atoms. The summed E-state index contributed by atoms with van der Waals surface area (Å²) < 4.78 is 1.86. The second-order valence-corrected chi connectivity index (χ2v) is 4.94. The van der Waals surface area contributed by atoms with Crippen LogP contribution < -0.4 is 11.2 Å². The number of nitrogens with zero attached hydrogens (tertiary/aromatic N) is 1. The van der Waals surface area contributed by atoms with Crippen molar-refractivity contribution in [2.75, 3.05) is 6.61 Å². The number of aromatic amines is 1. The summed E-state index contributed by atoms with van der Waals surface area (Å²) in [7, 11) is 0. The van der Waals surface area contributed by atoms with Crippen molar-refractivity contribution < 1.29 is 5.11 Å². The first-order chi connectivity index (χ1) is 7.63. The highest BCUT2D eigenvalue weighted by molar-refractivity contribution is 9.10. The van der Waals surface area contributed by atoms with Crippen LogP contribution in [-0.2, 0) is 0 Å². The fourth-order valence-corrected chi connectivity index (χ4v) is 2.62. The lowest BCUT2D eigenvalue weighted by atomic mass is 10.1. The molecule has 0 saturated heterocycles. The zero-order valence-electron chi connectivity index (χ0n) is 8.65. The Balaban J connectivity index is 2.44. The van der Waals surface area contributed by atoms with Gasteiger partial charge in [0.15, 0.2) is 0 Å². The van der Waals surface area contributed by atoms with Crippen molar-refractivity contribution in [3.05, 3.63) is 31.5 Å². The van der Waals surface area contributed by atoms with Crippen LogP contribution in [0.5, 0.6) is 0 Å². The van der Waals surface area contributed by atoms with Crippen LogP contribution in [0.2, 0.25) is 0 Å². The van der Waals surface area contributed by atoms with Gasteiger partial charge in [-0.3, -0.25) is 14.3 Å². The third-order valence-electron chi connectivity index (χ3n) is 3.14. The summed E-state index contributed by atoms with van der Waals surface area (Å²) >= 11 is 3.10. The molecule has 0 radical (unpaired) electrons. The Morgan fingerprint density at radius 3 is 2.94 bits per heavy atom. The maximum atomic E-state index is 11.6. The number of nitrogens with one attached hydrogen (secondary N) is 1.